The third kappa shape index (κ3) is 3.56. The van der Waals surface area contributed by atoms with E-state index in [1.807, 2.05) is 17.1 Å². The van der Waals surface area contributed by atoms with Crippen LogP contribution in [0.3, 0.4) is 0 Å². The Balaban J connectivity index is 1.38. The lowest BCUT2D eigenvalue weighted by Crippen LogP contribution is -2.26. The second kappa shape index (κ2) is 7.92. The fourth-order valence-electron chi connectivity index (χ4n) is 5.15. The molecule has 6 rings (SSSR count). The molecular formula is C24H29N5O3. The van der Waals surface area contributed by atoms with E-state index in [1.165, 1.54) is 0 Å². The summed E-state index contributed by atoms with van der Waals surface area (Å²) < 4.78 is 16.2. The van der Waals surface area contributed by atoms with Crippen LogP contribution >= 0.6 is 0 Å². The molecule has 168 valence electrons. The van der Waals surface area contributed by atoms with Gasteiger partial charge in [0, 0.05) is 25.3 Å². The molecule has 1 saturated carbocycles. The molecule has 3 aliphatic rings. The third-order valence-corrected chi connectivity index (χ3v) is 6.97. The first-order chi connectivity index (χ1) is 15.7. The molecule has 1 saturated heterocycles. The van der Waals surface area contributed by atoms with Crippen LogP contribution in [0.4, 0.5) is 0 Å². The van der Waals surface area contributed by atoms with Gasteiger partial charge in [-0.05, 0) is 68.6 Å². The van der Waals surface area contributed by atoms with Crippen molar-refractivity contribution in [3.05, 3.63) is 30.1 Å². The van der Waals surface area contributed by atoms with Crippen LogP contribution in [0.25, 0.3) is 22.4 Å². The van der Waals surface area contributed by atoms with Gasteiger partial charge in [-0.2, -0.15) is 5.10 Å². The number of rotatable bonds is 6. The standard InChI is InChI=1S/C24H29N5O3/c25-23(30)18(16-5-6-16)10-15-11-19-22-20(12-15)31-9-3-7-28(22)24(27-19)17-13-26-29(14-17)21-4-1-2-8-32-21/h11-14,16,18,21H,1-10H2,(H2,25,30)/t18-,21?/m0/s1. The van der Waals surface area contributed by atoms with Crippen molar-refractivity contribution in [2.45, 2.75) is 57.7 Å². The molecule has 0 bridgehead atoms. The molecule has 4 heterocycles. The molecule has 2 atom stereocenters. The van der Waals surface area contributed by atoms with Crippen LogP contribution in [-0.2, 0) is 22.5 Å². The first-order valence-electron chi connectivity index (χ1n) is 11.8. The van der Waals surface area contributed by atoms with E-state index in [0.29, 0.717) is 18.9 Å². The molecule has 8 heteroatoms. The lowest BCUT2D eigenvalue weighted by molar-refractivity contribution is -0.122. The Morgan fingerprint density at radius 3 is 2.88 bits per heavy atom. The van der Waals surface area contributed by atoms with Gasteiger partial charge in [0.25, 0.3) is 0 Å². The summed E-state index contributed by atoms with van der Waals surface area (Å²) in [5.74, 6) is 1.85. The van der Waals surface area contributed by atoms with E-state index in [9.17, 15) is 4.79 Å². The van der Waals surface area contributed by atoms with Crippen LogP contribution < -0.4 is 10.5 Å². The van der Waals surface area contributed by atoms with Crippen LogP contribution in [0.15, 0.2) is 24.5 Å². The van der Waals surface area contributed by atoms with Gasteiger partial charge in [0.1, 0.15) is 23.3 Å². The van der Waals surface area contributed by atoms with Crippen LogP contribution in [0.5, 0.6) is 5.75 Å². The maximum absolute atomic E-state index is 12.0. The molecule has 8 nitrogen and oxygen atoms in total. The summed E-state index contributed by atoms with van der Waals surface area (Å²) in [6.07, 6.45) is 10.9. The van der Waals surface area contributed by atoms with Gasteiger partial charge >= 0.3 is 0 Å². The van der Waals surface area contributed by atoms with Crippen LogP contribution in [-0.4, -0.2) is 38.5 Å². The zero-order valence-corrected chi connectivity index (χ0v) is 18.2. The van der Waals surface area contributed by atoms with Crippen molar-refractivity contribution in [1.29, 1.82) is 0 Å². The number of hydrogen-bond donors (Lipinski definition) is 1. The van der Waals surface area contributed by atoms with E-state index < -0.39 is 0 Å². The number of nitrogens with two attached hydrogens (primary N) is 1. The normalized spacial score (nSPS) is 21.8. The Morgan fingerprint density at radius 2 is 2.09 bits per heavy atom. The molecule has 0 radical (unpaired) electrons. The van der Waals surface area contributed by atoms with Crippen LogP contribution in [0.2, 0.25) is 0 Å². The van der Waals surface area contributed by atoms with Crippen molar-refractivity contribution in [1.82, 2.24) is 19.3 Å². The van der Waals surface area contributed by atoms with Gasteiger partial charge in [0.15, 0.2) is 0 Å². The van der Waals surface area contributed by atoms with E-state index in [0.717, 1.165) is 85.4 Å². The van der Waals surface area contributed by atoms with E-state index in [4.69, 9.17) is 20.2 Å². The van der Waals surface area contributed by atoms with Crippen molar-refractivity contribution in [2.24, 2.45) is 17.6 Å². The molecule has 2 aliphatic heterocycles. The summed E-state index contributed by atoms with van der Waals surface area (Å²) in [7, 11) is 0. The number of hydrogen-bond acceptors (Lipinski definition) is 5. The van der Waals surface area contributed by atoms with Crippen molar-refractivity contribution in [2.75, 3.05) is 13.2 Å². The highest BCUT2D eigenvalue weighted by molar-refractivity contribution is 5.87. The number of benzene rings is 1. The zero-order chi connectivity index (χ0) is 21.7. The van der Waals surface area contributed by atoms with Gasteiger partial charge in [-0.1, -0.05) is 0 Å². The molecule has 2 N–H and O–H groups in total. The minimum absolute atomic E-state index is 0.00432. The van der Waals surface area contributed by atoms with Gasteiger partial charge in [-0.3, -0.25) is 4.79 Å². The smallest absolute Gasteiger partial charge is 0.221 e. The highest BCUT2D eigenvalue weighted by Gasteiger charge is 2.35. The second-order valence-corrected chi connectivity index (χ2v) is 9.33. The molecule has 1 amide bonds. The predicted molar refractivity (Wildman–Crippen MR) is 119 cm³/mol. The van der Waals surface area contributed by atoms with Gasteiger partial charge in [-0.15, -0.1) is 0 Å². The quantitative estimate of drug-likeness (QED) is 0.640. The number of amides is 1. The average Bonchev–Trinajstić information content (AvgIpc) is 3.46. The summed E-state index contributed by atoms with van der Waals surface area (Å²) in [4.78, 5) is 17.0. The summed E-state index contributed by atoms with van der Waals surface area (Å²) in [5.41, 5.74) is 9.67. The monoisotopic (exact) mass is 435 g/mol. The Hall–Kier alpha value is -2.87. The molecule has 3 aromatic rings. The average molecular weight is 436 g/mol. The van der Waals surface area contributed by atoms with Gasteiger partial charge in [0.05, 0.1) is 23.9 Å². The first kappa shape index (κ1) is 19.8. The molecular weight excluding hydrogens is 406 g/mol. The fraction of sp³-hybridized carbons (Fsp3) is 0.542. The highest BCUT2D eigenvalue weighted by atomic mass is 16.5. The third-order valence-electron chi connectivity index (χ3n) is 6.97. The molecule has 1 unspecified atom stereocenters. The highest BCUT2D eigenvalue weighted by Crippen LogP contribution is 2.40. The maximum Gasteiger partial charge on any atom is 0.221 e. The maximum atomic E-state index is 12.0. The second-order valence-electron chi connectivity index (χ2n) is 9.33. The van der Waals surface area contributed by atoms with Crippen molar-refractivity contribution in [3.8, 4) is 17.1 Å². The minimum Gasteiger partial charge on any atom is -0.491 e. The Labute approximate surface area is 186 Å². The number of primary amides is 1. The summed E-state index contributed by atoms with van der Waals surface area (Å²) in [6.45, 7) is 2.29. The lowest BCUT2D eigenvalue weighted by atomic mass is 9.94. The number of imidazole rings is 1. The van der Waals surface area contributed by atoms with Crippen LogP contribution in [0, 0.1) is 11.8 Å². The van der Waals surface area contributed by atoms with Crippen molar-refractivity contribution in [3.63, 3.8) is 0 Å². The fourth-order valence-corrected chi connectivity index (χ4v) is 5.15. The Bertz CT molecular complexity index is 1160. The predicted octanol–water partition coefficient (Wildman–Crippen LogP) is 3.44. The topological polar surface area (TPSA) is 97.2 Å². The summed E-state index contributed by atoms with van der Waals surface area (Å²) >= 11 is 0. The number of aromatic nitrogens is 4. The van der Waals surface area contributed by atoms with E-state index in [2.05, 4.69) is 21.8 Å². The minimum atomic E-state index is -0.206. The molecule has 1 aromatic carbocycles. The Kier molecular flexibility index (Phi) is 4.90. The summed E-state index contributed by atoms with van der Waals surface area (Å²) in [6, 6.07) is 4.17. The number of carbonyl (C=O) groups is 1. The molecule has 2 fully saturated rings. The molecule has 32 heavy (non-hydrogen) atoms. The van der Waals surface area contributed by atoms with Gasteiger partial charge < -0.3 is 19.8 Å². The van der Waals surface area contributed by atoms with Crippen molar-refractivity contribution >= 4 is 16.9 Å². The Morgan fingerprint density at radius 1 is 1.19 bits per heavy atom. The largest absolute Gasteiger partial charge is 0.491 e. The van der Waals surface area contributed by atoms with Gasteiger partial charge in [0.2, 0.25) is 5.91 Å². The van der Waals surface area contributed by atoms with E-state index in [-0.39, 0.29) is 18.1 Å². The first-order valence-corrected chi connectivity index (χ1v) is 11.8. The zero-order valence-electron chi connectivity index (χ0n) is 18.2. The molecule has 1 aliphatic carbocycles. The van der Waals surface area contributed by atoms with Crippen molar-refractivity contribution < 1.29 is 14.3 Å². The molecule has 2 aromatic heterocycles. The van der Waals surface area contributed by atoms with E-state index >= 15 is 0 Å². The lowest BCUT2D eigenvalue weighted by Gasteiger charge is -2.22. The van der Waals surface area contributed by atoms with Gasteiger partial charge in [-0.25, -0.2) is 9.67 Å². The van der Waals surface area contributed by atoms with E-state index in [1.54, 1.807) is 0 Å². The number of nitrogens with zero attached hydrogens (tertiary/aromatic N) is 4. The number of ether oxygens (including phenoxy) is 2. The number of aryl methyl sites for hydroxylation is 1. The summed E-state index contributed by atoms with van der Waals surface area (Å²) in [5, 5.41) is 4.58. The van der Waals surface area contributed by atoms with Crippen LogP contribution in [0.1, 0.15) is 50.3 Å². The molecule has 0 spiro atoms. The number of carbonyl (C=O) groups excluding carboxylic acids is 1. The SMILES string of the molecule is NC(=O)[C@@H](Cc1cc2c3c(c1)nc(-c1cnn(C4CCCCO4)c1)n3CCCO2)C1CC1.